The van der Waals surface area contributed by atoms with E-state index in [-0.39, 0.29) is 5.91 Å². The standard InChI is InChI=1S/C4H9NOS2/c1-4(2,8-7)3(5)6/h7H,1-2H3,(H2,5,6). The first-order valence-corrected chi connectivity index (χ1v) is 4.00. The van der Waals surface area contributed by atoms with Crippen molar-refractivity contribution in [3.05, 3.63) is 0 Å². The largest absolute Gasteiger partial charge is 0.368 e. The van der Waals surface area contributed by atoms with Gasteiger partial charge in [-0.2, -0.15) is 0 Å². The molecule has 48 valence electrons. The van der Waals surface area contributed by atoms with Crippen LogP contribution in [0.25, 0.3) is 0 Å². The van der Waals surface area contributed by atoms with E-state index in [1.54, 1.807) is 13.8 Å². The Hall–Kier alpha value is 0.170. The van der Waals surface area contributed by atoms with Gasteiger partial charge in [0.05, 0.1) is 4.75 Å². The van der Waals surface area contributed by atoms with Crippen molar-refractivity contribution < 1.29 is 4.79 Å². The van der Waals surface area contributed by atoms with Gasteiger partial charge in [-0.3, -0.25) is 4.79 Å². The number of primary amides is 1. The zero-order valence-corrected chi connectivity index (χ0v) is 6.55. The summed E-state index contributed by atoms with van der Waals surface area (Å²) in [6.45, 7) is 3.46. The molecule has 0 bridgehead atoms. The third-order valence-electron chi connectivity index (χ3n) is 0.822. The molecule has 2 nitrogen and oxygen atoms in total. The molecule has 0 aliphatic heterocycles. The lowest BCUT2D eigenvalue weighted by atomic mass is 10.2. The maximum Gasteiger partial charge on any atom is 0.233 e. The second kappa shape index (κ2) is 2.64. The number of hydrogen-bond donors (Lipinski definition) is 2. The molecule has 4 heteroatoms. The van der Waals surface area contributed by atoms with Crippen LogP contribution in [0.4, 0.5) is 0 Å². The fraction of sp³-hybridized carbons (Fsp3) is 0.750. The summed E-state index contributed by atoms with van der Waals surface area (Å²) in [7, 11) is 1.16. The number of carbonyl (C=O) groups is 1. The number of hydrogen-bond acceptors (Lipinski definition) is 3. The van der Waals surface area contributed by atoms with Crippen LogP contribution in [0, 0.1) is 0 Å². The summed E-state index contributed by atoms with van der Waals surface area (Å²) < 4.78 is -0.539. The van der Waals surface area contributed by atoms with Crippen LogP contribution in [0.3, 0.4) is 0 Å². The molecule has 0 fully saturated rings. The second-order valence-corrected chi connectivity index (χ2v) is 3.72. The van der Waals surface area contributed by atoms with E-state index in [9.17, 15) is 4.79 Å². The van der Waals surface area contributed by atoms with Gasteiger partial charge in [0.1, 0.15) is 0 Å². The molecule has 0 rings (SSSR count). The fourth-order valence-corrected chi connectivity index (χ4v) is 0.405. The Kier molecular flexibility index (Phi) is 2.70. The highest BCUT2D eigenvalue weighted by molar-refractivity contribution is 8.69. The van der Waals surface area contributed by atoms with E-state index >= 15 is 0 Å². The van der Waals surface area contributed by atoms with E-state index in [2.05, 4.69) is 11.7 Å². The molecular formula is C4H9NOS2. The summed E-state index contributed by atoms with van der Waals surface area (Å²) in [6, 6.07) is 0. The highest BCUT2D eigenvalue weighted by atomic mass is 33.1. The molecule has 0 heterocycles. The third kappa shape index (κ3) is 1.96. The van der Waals surface area contributed by atoms with Gasteiger partial charge in [-0.15, -0.1) is 11.7 Å². The zero-order valence-electron chi connectivity index (χ0n) is 4.84. The third-order valence-corrected chi connectivity index (χ3v) is 2.85. The Morgan fingerprint density at radius 2 is 2.12 bits per heavy atom. The summed E-state index contributed by atoms with van der Waals surface area (Å²) in [5.41, 5.74) is 4.97. The van der Waals surface area contributed by atoms with Gasteiger partial charge in [0.25, 0.3) is 0 Å². The highest BCUT2D eigenvalue weighted by Crippen LogP contribution is 2.26. The maximum atomic E-state index is 10.4. The summed E-state index contributed by atoms with van der Waals surface area (Å²) in [5, 5.41) is 0. The fourth-order valence-electron chi connectivity index (χ4n) is 0.0450. The van der Waals surface area contributed by atoms with Gasteiger partial charge in [-0.05, 0) is 13.8 Å². The number of amides is 1. The first-order chi connectivity index (χ1) is 3.50. The van der Waals surface area contributed by atoms with Gasteiger partial charge in [-0.25, -0.2) is 0 Å². The van der Waals surface area contributed by atoms with Crippen molar-refractivity contribution in [1.82, 2.24) is 0 Å². The van der Waals surface area contributed by atoms with E-state index in [1.165, 1.54) is 0 Å². The van der Waals surface area contributed by atoms with Crippen LogP contribution in [0.1, 0.15) is 13.8 Å². The van der Waals surface area contributed by atoms with E-state index in [4.69, 9.17) is 5.73 Å². The molecule has 0 aromatic carbocycles. The second-order valence-electron chi connectivity index (χ2n) is 1.97. The van der Waals surface area contributed by atoms with E-state index in [1.807, 2.05) is 0 Å². The van der Waals surface area contributed by atoms with Gasteiger partial charge in [0.15, 0.2) is 0 Å². The molecule has 0 aliphatic rings. The van der Waals surface area contributed by atoms with Crippen LogP contribution in [0.15, 0.2) is 0 Å². The average Bonchev–Trinajstić information content (AvgIpc) is 1.67. The van der Waals surface area contributed by atoms with Gasteiger partial charge >= 0.3 is 0 Å². The van der Waals surface area contributed by atoms with Crippen LogP contribution in [0.2, 0.25) is 0 Å². The van der Waals surface area contributed by atoms with Crippen LogP contribution >= 0.6 is 22.5 Å². The van der Waals surface area contributed by atoms with Crippen molar-refractivity contribution in [3.63, 3.8) is 0 Å². The first kappa shape index (κ1) is 8.17. The zero-order chi connectivity index (χ0) is 6.78. The predicted octanol–water partition coefficient (Wildman–Crippen LogP) is 0.828. The summed E-state index contributed by atoms with van der Waals surface area (Å²) in [5.74, 6) is -0.336. The van der Waals surface area contributed by atoms with Crippen molar-refractivity contribution in [2.24, 2.45) is 5.73 Å². The minimum atomic E-state index is -0.539. The molecule has 0 atom stereocenters. The van der Waals surface area contributed by atoms with Crippen molar-refractivity contribution >= 4 is 28.4 Å². The van der Waals surface area contributed by atoms with Crippen molar-refractivity contribution in [2.75, 3.05) is 0 Å². The molecule has 0 aromatic heterocycles. The summed E-state index contributed by atoms with van der Waals surface area (Å²) in [4.78, 5) is 10.4. The minimum Gasteiger partial charge on any atom is -0.368 e. The molecule has 0 radical (unpaired) electrons. The Bertz CT molecular complexity index is 102. The van der Waals surface area contributed by atoms with Crippen LogP contribution in [-0.4, -0.2) is 10.7 Å². The van der Waals surface area contributed by atoms with Crippen molar-refractivity contribution in [1.29, 1.82) is 0 Å². The monoisotopic (exact) mass is 151 g/mol. The molecule has 1 amide bonds. The Morgan fingerprint density at radius 1 is 1.75 bits per heavy atom. The molecule has 0 saturated heterocycles. The van der Waals surface area contributed by atoms with Gasteiger partial charge in [0, 0.05) is 0 Å². The smallest absolute Gasteiger partial charge is 0.233 e. The summed E-state index contributed by atoms with van der Waals surface area (Å²) in [6.07, 6.45) is 0. The lowest BCUT2D eigenvalue weighted by Crippen LogP contribution is -2.33. The SMILES string of the molecule is CC(C)(SS)C(N)=O. The minimum absolute atomic E-state index is 0.336. The lowest BCUT2D eigenvalue weighted by molar-refractivity contribution is -0.119. The molecule has 0 spiro atoms. The molecule has 2 N–H and O–H groups in total. The molecule has 8 heavy (non-hydrogen) atoms. The number of carbonyl (C=O) groups excluding carboxylic acids is 1. The van der Waals surface area contributed by atoms with E-state index in [0.29, 0.717) is 0 Å². The molecule has 0 aliphatic carbocycles. The van der Waals surface area contributed by atoms with E-state index in [0.717, 1.165) is 10.8 Å². The number of thiol groups is 1. The average molecular weight is 151 g/mol. The van der Waals surface area contributed by atoms with Crippen molar-refractivity contribution in [3.8, 4) is 0 Å². The first-order valence-electron chi connectivity index (χ1n) is 2.13. The molecule has 0 unspecified atom stereocenters. The Labute approximate surface area is 58.0 Å². The Morgan fingerprint density at radius 3 is 2.12 bits per heavy atom. The molecule has 0 aromatic rings. The van der Waals surface area contributed by atoms with Gasteiger partial charge in [-0.1, -0.05) is 10.8 Å². The van der Waals surface area contributed by atoms with Crippen LogP contribution in [-0.2, 0) is 4.79 Å². The lowest BCUT2D eigenvalue weighted by Gasteiger charge is -2.14. The topological polar surface area (TPSA) is 43.1 Å². The molecular weight excluding hydrogens is 142 g/mol. The number of nitrogens with two attached hydrogens (primary N) is 1. The highest BCUT2D eigenvalue weighted by Gasteiger charge is 2.23. The summed E-state index contributed by atoms with van der Waals surface area (Å²) >= 11 is 3.86. The maximum absolute atomic E-state index is 10.4. The van der Waals surface area contributed by atoms with E-state index < -0.39 is 4.75 Å². The quantitative estimate of drug-likeness (QED) is 0.453. The van der Waals surface area contributed by atoms with Crippen LogP contribution in [0.5, 0.6) is 0 Å². The predicted molar refractivity (Wildman–Crippen MR) is 39.9 cm³/mol. The Balaban J connectivity index is 3.91. The normalized spacial score (nSPS) is 11.4. The van der Waals surface area contributed by atoms with Crippen LogP contribution < -0.4 is 5.73 Å². The molecule has 0 saturated carbocycles. The number of rotatable bonds is 2. The van der Waals surface area contributed by atoms with Gasteiger partial charge in [0.2, 0.25) is 5.91 Å². The van der Waals surface area contributed by atoms with Gasteiger partial charge < -0.3 is 5.73 Å². The van der Waals surface area contributed by atoms with Crippen molar-refractivity contribution in [2.45, 2.75) is 18.6 Å².